The number of benzene rings is 1. The number of amides is 1. The fraction of sp³-hybridized carbons (Fsp3) is 0.167. The summed E-state index contributed by atoms with van der Waals surface area (Å²) in [6, 6.07) is 6.11. The normalized spacial score (nSPS) is 11.5. The van der Waals surface area contributed by atoms with Crippen molar-refractivity contribution in [2.24, 2.45) is 5.73 Å². The third-order valence-electron chi connectivity index (χ3n) is 2.58. The number of hydrogen-bond donors (Lipinski definition) is 1. The van der Waals surface area contributed by atoms with Crippen molar-refractivity contribution in [3.63, 3.8) is 0 Å². The Morgan fingerprint density at radius 3 is 2.37 bits per heavy atom. The molecule has 2 rings (SSSR count). The Hall–Kier alpha value is -2.31. The number of halogens is 3. The predicted octanol–water partition coefficient (Wildman–Crippen LogP) is 2.05. The molecule has 2 aromatic rings. The Kier molecular flexibility index (Phi) is 3.28. The predicted molar refractivity (Wildman–Crippen MR) is 61.3 cm³/mol. The first-order chi connectivity index (χ1) is 8.88. The monoisotopic (exact) mass is 269 g/mol. The van der Waals surface area contributed by atoms with Crippen molar-refractivity contribution >= 4 is 5.91 Å². The van der Waals surface area contributed by atoms with E-state index in [1.54, 1.807) is 0 Å². The maximum atomic E-state index is 12.4. The molecule has 0 aliphatic rings. The second kappa shape index (κ2) is 4.75. The highest BCUT2D eigenvalue weighted by Gasteiger charge is 2.29. The summed E-state index contributed by atoms with van der Waals surface area (Å²) in [7, 11) is 0. The summed E-state index contributed by atoms with van der Waals surface area (Å²) < 4.78 is 38.5. The van der Waals surface area contributed by atoms with Gasteiger partial charge in [-0.3, -0.25) is 9.48 Å². The number of carbonyl (C=O) groups is 1. The average Bonchev–Trinajstić information content (AvgIpc) is 2.77. The number of aromatic nitrogens is 2. The van der Waals surface area contributed by atoms with Gasteiger partial charge in [-0.15, -0.1) is 0 Å². The minimum atomic E-state index is -4.36. The lowest BCUT2D eigenvalue weighted by Crippen LogP contribution is -2.18. The van der Waals surface area contributed by atoms with E-state index in [1.165, 1.54) is 29.1 Å². The van der Waals surface area contributed by atoms with Crippen LogP contribution < -0.4 is 5.73 Å². The Labute approximate surface area is 106 Å². The highest BCUT2D eigenvalue weighted by Crippen LogP contribution is 2.29. The Morgan fingerprint density at radius 1 is 1.21 bits per heavy atom. The number of nitrogens with two attached hydrogens (primary N) is 1. The van der Waals surface area contributed by atoms with E-state index in [-0.39, 0.29) is 12.2 Å². The largest absolute Gasteiger partial charge is 0.416 e. The molecule has 1 amide bonds. The Bertz CT molecular complexity index is 587. The lowest BCUT2D eigenvalue weighted by Gasteiger charge is -2.08. The van der Waals surface area contributed by atoms with E-state index in [9.17, 15) is 18.0 Å². The first kappa shape index (κ1) is 13.1. The highest BCUT2D eigenvalue weighted by molar-refractivity contribution is 5.90. The van der Waals surface area contributed by atoms with Gasteiger partial charge in [0.2, 0.25) is 0 Å². The molecular weight excluding hydrogens is 259 g/mol. The van der Waals surface area contributed by atoms with Gasteiger partial charge < -0.3 is 5.73 Å². The molecule has 0 fully saturated rings. The molecule has 0 saturated heterocycles. The van der Waals surface area contributed by atoms with E-state index in [4.69, 9.17) is 5.73 Å². The van der Waals surface area contributed by atoms with Crippen LogP contribution in [0.5, 0.6) is 0 Å². The van der Waals surface area contributed by atoms with Gasteiger partial charge in [0.25, 0.3) is 5.91 Å². The zero-order chi connectivity index (χ0) is 14.0. The van der Waals surface area contributed by atoms with E-state index in [0.29, 0.717) is 5.56 Å². The highest BCUT2D eigenvalue weighted by atomic mass is 19.4. The number of nitrogens with zero attached hydrogens (tertiary/aromatic N) is 2. The van der Waals surface area contributed by atoms with Crippen LogP contribution in [0.4, 0.5) is 13.2 Å². The second-order valence-corrected chi connectivity index (χ2v) is 3.93. The fourth-order valence-corrected chi connectivity index (χ4v) is 1.64. The van der Waals surface area contributed by atoms with Crippen molar-refractivity contribution < 1.29 is 18.0 Å². The van der Waals surface area contributed by atoms with Gasteiger partial charge >= 0.3 is 6.18 Å². The van der Waals surface area contributed by atoms with Crippen molar-refractivity contribution in [2.45, 2.75) is 12.7 Å². The van der Waals surface area contributed by atoms with Gasteiger partial charge in [0.15, 0.2) is 0 Å². The molecule has 1 heterocycles. The summed E-state index contributed by atoms with van der Waals surface area (Å²) in [4.78, 5) is 11.1. The van der Waals surface area contributed by atoms with Crippen LogP contribution in [0, 0.1) is 0 Å². The molecule has 0 bridgehead atoms. The molecule has 0 saturated carbocycles. The molecule has 0 aliphatic carbocycles. The fourth-order valence-electron chi connectivity index (χ4n) is 1.64. The number of rotatable bonds is 3. The summed E-state index contributed by atoms with van der Waals surface area (Å²) in [5.41, 5.74) is 5.23. The van der Waals surface area contributed by atoms with Gasteiger partial charge in [0.05, 0.1) is 12.1 Å². The summed E-state index contributed by atoms with van der Waals surface area (Å²) in [5.74, 6) is -0.635. The molecule has 4 nitrogen and oxygen atoms in total. The molecule has 0 aliphatic heterocycles. The van der Waals surface area contributed by atoms with E-state index in [0.717, 1.165) is 12.1 Å². The molecule has 0 atom stereocenters. The van der Waals surface area contributed by atoms with Crippen molar-refractivity contribution in [2.75, 3.05) is 0 Å². The van der Waals surface area contributed by atoms with Gasteiger partial charge in [0, 0.05) is 6.20 Å². The van der Waals surface area contributed by atoms with Crippen LogP contribution in [0.25, 0.3) is 0 Å². The molecule has 0 unspecified atom stereocenters. The standard InChI is InChI=1S/C12H10F3N3O/c13-12(14,15)9-3-1-8(2-4-9)7-18-10(11(16)19)5-6-17-18/h1-6H,7H2,(H2,16,19). The molecule has 2 N–H and O–H groups in total. The average molecular weight is 269 g/mol. The molecule has 0 spiro atoms. The summed E-state index contributed by atoms with van der Waals surface area (Å²) in [6.07, 6.45) is -2.95. The van der Waals surface area contributed by atoms with Crippen molar-refractivity contribution in [1.29, 1.82) is 0 Å². The second-order valence-electron chi connectivity index (χ2n) is 3.93. The Balaban J connectivity index is 2.20. The van der Waals surface area contributed by atoms with Crippen LogP contribution in [0.3, 0.4) is 0 Å². The van der Waals surface area contributed by atoms with E-state index in [1.807, 2.05) is 0 Å². The third-order valence-corrected chi connectivity index (χ3v) is 2.58. The smallest absolute Gasteiger partial charge is 0.364 e. The van der Waals surface area contributed by atoms with Crippen LogP contribution in [0.15, 0.2) is 36.5 Å². The molecule has 100 valence electrons. The van der Waals surface area contributed by atoms with E-state index in [2.05, 4.69) is 5.10 Å². The minimum Gasteiger partial charge on any atom is -0.364 e. The zero-order valence-corrected chi connectivity index (χ0v) is 9.69. The molecule has 0 radical (unpaired) electrons. The molecule has 7 heteroatoms. The maximum Gasteiger partial charge on any atom is 0.416 e. The number of alkyl halides is 3. The van der Waals surface area contributed by atoms with Gasteiger partial charge in [0.1, 0.15) is 5.69 Å². The van der Waals surface area contributed by atoms with Crippen LogP contribution in [0.2, 0.25) is 0 Å². The van der Waals surface area contributed by atoms with Gasteiger partial charge in [-0.1, -0.05) is 12.1 Å². The first-order valence-corrected chi connectivity index (χ1v) is 5.35. The van der Waals surface area contributed by atoms with E-state index < -0.39 is 17.6 Å². The lowest BCUT2D eigenvalue weighted by atomic mass is 10.1. The molecule has 19 heavy (non-hydrogen) atoms. The van der Waals surface area contributed by atoms with Crippen molar-refractivity contribution in [3.05, 3.63) is 53.3 Å². The van der Waals surface area contributed by atoms with Gasteiger partial charge in [-0.25, -0.2) is 0 Å². The SMILES string of the molecule is NC(=O)c1ccnn1Cc1ccc(C(F)(F)F)cc1. The summed E-state index contributed by atoms with van der Waals surface area (Å²) >= 11 is 0. The molecule has 1 aromatic heterocycles. The Morgan fingerprint density at radius 2 is 1.84 bits per heavy atom. The van der Waals surface area contributed by atoms with Crippen LogP contribution in [-0.2, 0) is 12.7 Å². The van der Waals surface area contributed by atoms with Crippen molar-refractivity contribution in [1.82, 2.24) is 9.78 Å². The summed E-state index contributed by atoms with van der Waals surface area (Å²) in [5, 5.41) is 3.90. The third kappa shape index (κ3) is 2.93. The lowest BCUT2D eigenvalue weighted by molar-refractivity contribution is -0.137. The van der Waals surface area contributed by atoms with Gasteiger partial charge in [-0.05, 0) is 23.8 Å². The van der Waals surface area contributed by atoms with Crippen LogP contribution >= 0.6 is 0 Å². The van der Waals surface area contributed by atoms with Crippen LogP contribution in [0.1, 0.15) is 21.6 Å². The van der Waals surface area contributed by atoms with Gasteiger partial charge in [-0.2, -0.15) is 18.3 Å². The minimum absolute atomic E-state index is 0.184. The van der Waals surface area contributed by atoms with E-state index >= 15 is 0 Å². The van der Waals surface area contributed by atoms with Crippen molar-refractivity contribution in [3.8, 4) is 0 Å². The quantitative estimate of drug-likeness (QED) is 0.927. The number of primary amides is 1. The number of carbonyl (C=O) groups excluding carboxylic acids is 1. The zero-order valence-electron chi connectivity index (χ0n) is 9.69. The first-order valence-electron chi connectivity index (χ1n) is 5.35. The summed E-state index contributed by atoms with van der Waals surface area (Å²) in [6.45, 7) is 0.184. The molecule has 1 aromatic carbocycles. The number of hydrogen-bond acceptors (Lipinski definition) is 2. The van der Waals surface area contributed by atoms with Crippen LogP contribution in [-0.4, -0.2) is 15.7 Å². The maximum absolute atomic E-state index is 12.4. The molecular formula is C12H10F3N3O. The topological polar surface area (TPSA) is 60.9 Å².